The summed E-state index contributed by atoms with van der Waals surface area (Å²) in [6, 6.07) is 17.2. The Morgan fingerprint density at radius 1 is 1.00 bits per heavy atom. The second-order valence-corrected chi connectivity index (χ2v) is 6.64. The third-order valence-electron chi connectivity index (χ3n) is 4.75. The van der Waals surface area contributed by atoms with Gasteiger partial charge in [-0.2, -0.15) is 0 Å². The van der Waals surface area contributed by atoms with Crippen LogP contribution in [0.4, 0.5) is 5.69 Å². The normalized spacial score (nSPS) is 12.0. The van der Waals surface area contributed by atoms with Crippen LogP contribution in [-0.4, -0.2) is 29.6 Å². The fraction of sp³-hybridized carbons (Fsp3) is 0.381. The van der Waals surface area contributed by atoms with Gasteiger partial charge < -0.3 is 10.6 Å². The van der Waals surface area contributed by atoms with Gasteiger partial charge in [-0.3, -0.25) is 4.90 Å². The zero-order valence-corrected chi connectivity index (χ0v) is 16.5. The second kappa shape index (κ2) is 9.54. The monoisotopic (exact) mass is 355 g/mol. The molecule has 0 spiro atoms. The summed E-state index contributed by atoms with van der Waals surface area (Å²) in [6.07, 6.45) is 0. The topological polar surface area (TPSA) is 27.3 Å². The molecule has 134 valence electrons. The van der Waals surface area contributed by atoms with Crippen LogP contribution in [0.15, 0.2) is 48.5 Å². The van der Waals surface area contributed by atoms with E-state index in [1.165, 1.54) is 16.7 Å². The maximum absolute atomic E-state index is 5.53. The molecule has 0 saturated carbocycles. The molecule has 0 fully saturated rings. The summed E-state index contributed by atoms with van der Waals surface area (Å²) in [5.41, 5.74) is 4.87. The van der Waals surface area contributed by atoms with E-state index < -0.39 is 0 Å². The minimum Gasteiger partial charge on any atom is -0.361 e. The van der Waals surface area contributed by atoms with Crippen LogP contribution in [0.1, 0.15) is 36.6 Å². The van der Waals surface area contributed by atoms with Crippen molar-refractivity contribution < 1.29 is 0 Å². The molecule has 25 heavy (non-hydrogen) atoms. The second-order valence-electron chi connectivity index (χ2n) is 6.23. The van der Waals surface area contributed by atoms with Crippen LogP contribution < -0.4 is 10.6 Å². The SMILES string of the molecule is CCN(CC)[C@@H](CNC(=S)Nc1cccc(C)c1C)c1ccccc1. The Labute approximate surface area is 157 Å². The third kappa shape index (κ3) is 5.28. The molecule has 4 heteroatoms. The lowest BCUT2D eigenvalue weighted by Gasteiger charge is -2.30. The van der Waals surface area contributed by atoms with Crippen LogP contribution >= 0.6 is 12.2 Å². The van der Waals surface area contributed by atoms with Crippen molar-refractivity contribution in [2.75, 3.05) is 25.0 Å². The van der Waals surface area contributed by atoms with Gasteiger partial charge in [0.05, 0.1) is 6.04 Å². The summed E-state index contributed by atoms with van der Waals surface area (Å²) in [7, 11) is 0. The molecule has 0 heterocycles. The Kier molecular flexibility index (Phi) is 7.41. The standard InChI is InChI=1S/C21H29N3S/c1-5-24(6-2)20(18-12-8-7-9-13-18)15-22-21(25)23-19-14-10-11-16(3)17(19)4/h7-14,20H,5-6,15H2,1-4H3,(H2,22,23,25)/t20-/m0/s1. The number of nitrogens with zero attached hydrogens (tertiary/aromatic N) is 1. The Morgan fingerprint density at radius 2 is 1.68 bits per heavy atom. The van der Waals surface area contributed by atoms with Crippen molar-refractivity contribution in [3.8, 4) is 0 Å². The average molecular weight is 356 g/mol. The largest absolute Gasteiger partial charge is 0.361 e. The summed E-state index contributed by atoms with van der Waals surface area (Å²) in [6.45, 7) is 11.4. The van der Waals surface area contributed by atoms with Crippen LogP contribution in [0.3, 0.4) is 0 Å². The van der Waals surface area contributed by atoms with E-state index in [1.807, 2.05) is 0 Å². The number of thiocarbonyl (C=S) groups is 1. The third-order valence-corrected chi connectivity index (χ3v) is 4.99. The van der Waals surface area contributed by atoms with Crippen LogP contribution in [0.5, 0.6) is 0 Å². The lowest BCUT2D eigenvalue weighted by Crippen LogP contribution is -2.39. The molecule has 0 unspecified atom stereocenters. The Morgan fingerprint density at radius 3 is 2.32 bits per heavy atom. The molecule has 0 aromatic heterocycles. The summed E-state index contributed by atoms with van der Waals surface area (Å²) in [5, 5.41) is 7.41. The molecule has 2 aromatic rings. The van der Waals surface area contributed by atoms with Gasteiger partial charge in [0.25, 0.3) is 0 Å². The molecular formula is C21H29N3S. The Balaban J connectivity index is 2.04. The Hall–Kier alpha value is -1.91. The maximum Gasteiger partial charge on any atom is 0.170 e. The van der Waals surface area contributed by atoms with Crippen LogP contribution in [0, 0.1) is 13.8 Å². The van der Waals surface area contributed by atoms with Crippen molar-refractivity contribution >= 4 is 23.0 Å². The van der Waals surface area contributed by atoms with E-state index in [0.29, 0.717) is 11.2 Å². The predicted molar refractivity (Wildman–Crippen MR) is 112 cm³/mol. The zero-order chi connectivity index (χ0) is 18.2. The molecule has 2 N–H and O–H groups in total. The zero-order valence-electron chi connectivity index (χ0n) is 15.7. The minimum absolute atomic E-state index is 0.301. The number of aryl methyl sites for hydroxylation is 1. The van der Waals surface area contributed by atoms with Gasteiger partial charge in [0.2, 0.25) is 0 Å². The van der Waals surface area contributed by atoms with Crippen molar-refractivity contribution in [1.29, 1.82) is 0 Å². The van der Waals surface area contributed by atoms with Crippen LogP contribution in [0.25, 0.3) is 0 Å². The molecular weight excluding hydrogens is 326 g/mol. The lowest BCUT2D eigenvalue weighted by atomic mass is 10.1. The number of rotatable bonds is 7. The number of likely N-dealkylation sites (N-methyl/N-ethyl adjacent to an activating group) is 1. The first-order chi connectivity index (χ1) is 12.1. The highest BCUT2D eigenvalue weighted by atomic mass is 32.1. The van der Waals surface area contributed by atoms with E-state index >= 15 is 0 Å². The number of benzene rings is 2. The van der Waals surface area contributed by atoms with Crippen molar-refractivity contribution in [3.05, 3.63) is 65.2 Å². The van der Waals surface area contributed by atoms with E-state index in [0.717, 1.165) is 25.3 Å². The maximum atomic E-state index is 5.53. The molecule has 3 nitrogen and oxygen atoms in total. The van der Waals surface area contributed by atoms with Gasteiger partial charge in [-0.05, 0) is 61.9 Å². The number of anilines is 1. The molecule has 0 radical (unpaired) electrons. The molecule has 0 amide bonds. The van der Waals surface area contributed by atoms with Gasteiger partial charge in [-0.25, -0.2) is 0 Å². The van der Waals surface area contributed by atoms with E-state index in [2.05, 4.69) is 91.8 Å². The molecule has 2 rings (SSSR count). The van der Waals surface area contributed by atoms with Gasteiger partial charge in [-0.15, -0.1) is 0 Å². The summed E-state index contributed by atoms with van der Waals surface area (Å²) >= 11 is 5.53. The number of hydrogen-bond acceptors (Lipinski definition) is 2. The summed E-state index contributed by atoms with van der Waals surface area (Å²) in [5.74, 6) is 0. The first kappa shape index (κ1) is 19.4. The minimum atomic E-state index is 0.301. The van der Waals surface area contributed by atoms with Crippen LogP contribution in [0.2, 0.25) is 0 Å². The van der Waals surface area contributed by atoms with E-state index in [4.69, 9.17) is 12.2 Å². The van der Waals surface area contributed by atoms with Gasteiger partial charge in [0.1, 0.15) is 0 Å². The van der Waals surface area contributed by atoms with E-state index in [1.54, 1.807) is 0 Å². The Bertz CT molecular complexity index is 681. The highest BCUT2D eigenvalue weighted by Gasteiger charge is 2.18. The van der Waals surface area contributed by atoms with Gasteiger partial charge in [-0.1, -0.05) is 56.3 Å². The molecule has 0 aliphatic rings. The van der Waals surface area contributed by atoms with Gasteiger partial charge in [0, 0.05) is 12.2 Å². The highest BCUT2D eigenvalue weighted by molar-refractivity contribution is 7.80. The molecule has 0 aliphatic carbocycles. The molecule has 1 atom stereocenters. The summed E-state index contributed by atoms with van der Waals surface area (Å²) < 4.78 is 0. The van der Waals surface area contributed by atoms with Crippen molar-refractivity contribution in [1.82, 2.24) is 10.2 Å². The molecule has 0 saturated heterocycles. The molecule has 2 aromatic carbocycles. The fourth-order valence-electron chi connectivity index (χ4n) is 3.04. The van der Waals surface area contributed by atoms with Gasteiger partial charge in [0.15, 0.2) is 5.11 Å². The predicted octanol–water partition coefficient (Wildman–Crippen LogP) is 4.67. The van der Waals surface area contributed by atoms with E-state index in [9.17, 15) is 0 Å². The molecule has 0 aliphatic heterocycles. The van der Waals surface area contributed by atoms with Crippen LogP contribution in [-0.2, 0) is 0 Å². The first-order valence-electron chi connectivity index (χ1n) is 8.96. The first-order valence-corrected chi connectivity index (χ1v) is 9.37. The van der Waals surface area contributed by atoms with E-state index in [-0.39, 0.29) is 0 Å². The molecule has 0 bridgehead atoms. The van der Waals surface area contributed by atoms with Crippen molar-refractivity contribution in [2.45, 2.75) is 33.7 Å². The quantitative estimate of drug-likeness (QED) is 0.706. The fourth-order valence-corrected chi connectivity index (χ4v) is 3.23. The highest BCUT2D eigenvalue weighted by Crippen LogP contribution is 2.20. The lowest BCUT2D eigenvalue weighted by molar-refractivity contribution is 0.219. The van der Waals surface area contributed by atoms with Crippen molar-refractivity contribution in [2.24, 2.45) is 0 Å². The average Bonchev–Trinajstić information content (AvgIpc) is 2.63. The number of hydrogen-bond donors (Lipinski definition) is 2. The summed E-state index contributed by atoms with van der Waals surface area (Å²) in [4.78, 5) is 2.45. The smallest absolute Gasteiger partial charge is 0.170 e. The number of nitrogens with one attached hydrogen (secondary N) is 2. The van der Waals surface area contributed by atoms with Crippen molar-refractivity contribution in [3.63, 3.8) is 0 Å². The van der Waals surface area contributed by atoms with Gasteiger partial charge >= 0.3 is 0 Å².